The molecule has 0 radical (unpaired) electrons. The summed E-state index contributed by atoms with van der Waals surface area (Å²) in [6.07, 6.45) is 2.00. The molecule has 0 spiro atoms. The summed E-state index contributed by atoms with van der Waals surface area (Å²) in [5.74, 6) is -0.816. The zero-order valence-corrected chi connectivity index (χ0v) is 10.4. The number of hydrogen-bond acceptors (Lipinski definition) is 3. The molecule has 4 nitrogen and oxygen atoms in total. The molecule has 5 heteroatoms. The first-order valence-corrected chi connectivity index (χ1v) is 6.23. The standard InChI is InChI=1S/C9H17IO4/c10-4-1-5-13-6-2-7-14-8-3-9(11)12/h1-8H2,(H,11,12). The first-order valence-electron chi connectivity index (χ1n) is 4.70. The highest BCUT2D eigenvalue weighted by Gasteiger charge is 1.95. The Labute approximate surface area is 98.1 Å². The third kappa shape index (κ3) is 12.1. The number of rotatable bonds is 10. The Balaban J connectivity index is 2.88. The molecule has 0 atom stereocenters. The second-order valence-electron chi connectivity index (χ2n) is 2.76. The lowest BCUT2D eigenvalue weighted by atomic mass is 10.4. The Morgan fingerprint density at radius 1 is 1.07 bits per heavy atom. The molecule has 0 bridgehead atoms. The molecular weight excluding hydrogens is 299 g/mol. The summed E-state index contributed by atoms with van der Waals surface area (Å²) in [5.41, 5.74) is 0. The van der Waals surface area contributed by atoms with Gasteiger partial charge in [-0.15, -0.1) is 0 Å². The first kappa shape index (κ1) is 14.1. The predicted molar refractivity (Wildman–Crippen MR) is 62.0 cm³/mol. The van der Waals surface area contributed by atoms with Gasteiger partial charge in [0.05, 0.1) is 13.0 Å². The van der Waals surface area contributed by atoms with E-state index in [9.17, 15) is 4.79 Å². The van der Waals surface area contributed by atoms with E-state index in [2.05, 4.69) is 22.6 Å². The fraction of sp³-hybridized carbons (Fsp3) is 0.889. The number of carbonyl (C=O) groups is 1. The van der Waals surface area contributed by atoms with Crippen LogP contribution in [0.25, 0.3) is 0 Å². The minimum absolute atomic E-state index is 0.0791. The fourth-order valence-corrected chi connectivity index (χ4v) is 1.09. The van der Waals surface area contributed by atoms with E-state index in [4.69, 9.17) is 14.6 Å². The SMILES string of the molecule is O=C(O)CCOCCCOCCCI. The van der Waals surface area contributed by atoms with E-state index in [-0.39, 0.29) is 6.42 Å². The molecule has 0 aliphatic carbocycles. The molecule has 0 fully saturated rings. The van der Waals surface area contributed by atoms with E-state index in [1.165, 1.54) is 0 Å². The number of carboxylic acids is 1. The van der Waals surface area contributed by atoms with Gasteiger partial charge < -0.3 is 14.6 Å². The van der Waals surface area contributed by atoms with E-state index in [0.29, 0.717) is 19.8 Å². The van der Waals surface area contributed by atoms with Crippen molar-refractivity contribution in [2.24, 2.45) is 0 Å². The maximum absolute atomic E-state index is 10.1. The summed E-state index contributed by atoms with van der Waals surface area (Å²) >= 11 is 2.31. The van der Waals surface area contributed by atoms with Gasteiger partial charge in [0, 0.05) is 24.2 Å². The molecule has 0 aromatic rings. The van der Waals surface area contributed by atoms with Gasteiger partial charge in [-0.05, 0) is 12.8 Å². The van der Waals surface area contributed by atoms with Crippen molar-refractivity contribution in [3.8, 4) is 0 Å². The van der Waals surface area contributed by atoms with E-state index < -0.39 is 5.97 Å². The molecule has 0 aliphatic rings. The van der Waals surface area contributed by atoms with Gasteiger partial charge in [-0.3, -0.25) is 4.79 Å². The second kappa shape index (κ2) is 11.2. The lowest BCUT2D eigenvalue weighted by Gasteiger charge is -2.03. The number of halogens is 1. The molecule has 0 heterocycles. The molecule has 0 saturated carbocycles. The lowest BCUT2D eigenvalue weighted by molar-refractivity contribution is -0.138. The van der Waals surface area contributed by atoms with Crippen LogP contribution in [-0.2, 0) is 14.3 Å². The number of aliphatic carboxylic acids is 1. The van der Waals surface area contributed by atoms with Crippen LogP contribution in [0.3, 0.4) is 0 Å². The molecule has 0 aliphatic heterocycles. The van der Waals surface area contributed by atoms with Crippen LogP contribution in [0.4, 0.5) is 0 Å². The molecule has 0 amide bonds. The zero-order chi connectivity index (χ0) is 10.6. The summed E-state index contributed by atoms with van der Waals surface area (Å²) in [4.78, 5) is 10.1. The van der Waals surface area contributed by atoms with Crippen LogP contribution < -0.4 is 0 Å². The van der Waals surface area contributed by atoms with Gasteiger partial charge in [-0.1, -0.05) is 22.6 Å². The van der Waals surface area contributed by atoms with Crippen molar-refractivity contribution >= 4 is 28.6 Å². The predicted octanol–water partition coefficient (Wildman–Crippen LogP) is 1.71. The minimum atomic E-state index is -0.816. The van der Waals surface area contributed by atoms with Crippen LogP contribution in [0.15, 0.2) is 0 Å². The van der Waals surface area contributed by atoms with Crippen LogP contribution in [0.1, 0.15) is 19.3 Å². The van der Waals surface area contributed by atoms with Crippen LogP contribution >= 0.6 is 22.6 Å². The van der Waals surface area contributed by atoms with Crippen molar-refractivity contribution < 1.29 is 19.4 Å². The number of carboxylic acid groups (broad SMARTS) is 1. The Kier molecular flexibility index (Phi) is 11.3. The van der Waals surface area contributed by atoms with Crippen molar-refractivity contribution in [3.63, 3.8) is 0 Å². The maximum Gasteiger partial charge on any atom is 0.305 e. The number of hydrogen-bond donors (Lipinski definition) is 1. The van der Waals surface area contributed by atoms with Crippen LogP contribution in [-0.4, -0.2) is 41.9 Å². The maximum atomic E-state index is 10.1. The summed E-state index contributed by atoms with van der Waals surface area (Å²) in [5, 5.41) is 8.31. The zero-order valence-electron chi connectivity index (χ0n) is 8.21. The summed E-state index contributed by atoms with van der Waals surface area (Å²) in [6, 6.07) is 0. The highest BCUT2D eigenvalue weighted by Crippen LogP contribution is 1.92. The molecule has 0 aromatic carbocycles. The highest BCUT2D eigenvalue weighted by molar-refractivity contribution is 14.1. The van der Waals surface area contributed by atoms with Gasteiger partial charge in [-0.25, -0.2) is 0 Å². The highest BCUT2D eigenvalue weighted by atomic mass is 127. The summed E-state index contributed by atoms with van der Waals surface area (Å²) < 4.78 is 11.5. The monoisotopic (exact) mass is 316 g/mol. The van der Waals surface area contributed by atoms with Crippen molar-refractivity contribution in [2.45, 2.75) is 19.3 Å². The minimum Gasteiger partial charge on any atom is -0.481 e. The van der Waals surface area contributed by atoms with Crippen LogP contribution in [0.5, 0.6) is 0 Å². The largest absolute Gasteiger partial charge is 0.481 e. The van der Waals surface area contributed by atoms with Crippen LogP contribution in [0, 0.1) is 0 Å². The molecular formula is C9H17IO4. The smallest absolute Gasteiger partial charge is 0.305 e. The normalized spacial score (nSPS) is 10.4. The summed E-state index contributed by atoms with van der Waals surface area (Å²) in [7, 11) is 0. The van der Waals surface area contributed by atoms with E-state index in [1.807, 2.05) is 0 Å². The fourth-order valence-electron chi connectivity index (χ4n) is 0.783. The third-order valence-corrected chi connectivity index (χ3v) is 2.22. The van der Waals surface area contributed by atoms with Gasteiger partial charge in [0.1, 0.15) is 0 Å². The first-order chi connectivity index (χ1) is 6.77. The third-order valence-electron chi connectivity index (χ3n) is 1.46. The molecule has 84 valence electrons. The Hall–Kier alpha value is 0.120. The number of ether oxygens (including phenoxy) is 2. The quantitative estimate of drug-likeness (QED) is 0.379. The molecule has 0 saturated heterocycles. The van der Waals surface area contributed by atoms with Gasteiger partial charge in [0.15, 0.2) is 0 Å². The molecule has 0 unspecified atom stereocenters. The topological polar surface area (TPSA) is 55.8 Å². The van der Waals surface area contributed by atoms with E-state index >= 15 is 0 Å². The molecule has 14 heavy (non-hydrogen) atoms. The summed E-state index contributed by atoms with van der Waals surface area (Å²) in [6.45, 7) is 2.38. The Bertz CT molecular complexity index is 141. The Morgan fingerprint density at radius 2 is 1.64 bits per heavy atom. The van der Waals surface area contributed by atoms with E-state index in [0.717, 1.165) is 23.9 Å². The van der Waals surface area contributed by atoms with Crippen LogP contribution in [0.2, 0.25) is 0 Å². The molecule has 0 aromatic heterocycles. The average Bonchev–Trinajstić information content (AvgIpc) is 2.15. The van der Waals surface area contributed by atoms with Crippen molar-refractivity contribution in [1.29, 1.82) is 0 Å². The van der Waals surface area contributed by atoms with Crippen molar-refractivity contribution in [2.75, 3.05) is 30.9 Å². The van der Waals surface area contributed by atoms with Crippen molar-refractivity contribution in [1.82, 2.24) is 0 Å². The lowest BCUT2D eigenvalue weighted by Crippen LogP contribution is -2.06. The van der Waals surface area contributed by atoms with Gasteiger partial charge in [0.25, 0.3) is 0 Å². The van der Waals surface area contributed by atoms with Gasteiger partial charge in [0.2, 0.25) is 0 Å². The van der Waals surface area contributed by atoms with Gasteiger partial charge >= 0.3 is 5.97 Å². The van der Waals surface area contributed by atoms with Gasteiger partial charge in [-0.2, -0.15) is 0 Å². The molecule has 1 N–H and O–H groups in total. The average molecular weight is 316 g/mol. The van der Waals surface area contributed by atoms with Crippen molar-refractivity contribution in [3.05, 3.63) is 0 Å². The molecule has 0 rings (SSSR count). The Morgan fingerprint density at radius 3 is 2.21 bits per heavy atom. The van der Waals surface area contributed by atoms with E-state index in [1.54, 1.807) is 0 Å². The number of alkyl halides is 1. The second-order valence-corrected chi connectivity index (χ2v) is 3.84.